The highest BCUT2D eigenvalue weighted by molar-refractivity contribution is 7.80. The third-order valence-electron chi connectivity index (χ3n) is 0.907. The van der Waals surface area contributed by atoms with Crippen LogP contribution in [0.25, 0.3) is 0 Å². The largest absolute Gasteiger partial charge is 0.319 e. The van der Waals surface area contributed by atoms with Crippen LogP contribution in [0.5, 0.6) is 0 Å². The molecule has 9 heavy (non-hydrogen) atoms. The Labute approximate surface area is 59.2 Å². The minimum absolute atomic E-state index is 0.211. The first-order valence-corrected chi connectivity index (χ1v) is 3.39. The molecule has 0 aromatic rings. The van der Waals surface area contributed by atoms with Crippen LogP contribution in [0.2, 0.25) is 0 Å². The van der Waals surface area contributed by atoms with Crippen LogP contribution in [0.1, 0.15) is 6.92 Å². The van der Waals surface area contributed by atoms with Gasteiger partial charge in [-0.15, -0.1) is 0 Å². The van der Waals surface area contributed by atoms with E-state index in [0.717, 1.165) is 0 Å². The van der Waals surface area contributed by atoms with Crippen molar-refractivity contribution in [3.63, 3.8) is 0 Å². The average Bonchev–Trinajstić information content (AvgIpc) is 1.82. The molecule has 0 saturated heterocycles. The molecule has 0 rings (SSSR count). The van der Waals surface area contributed by atoms with Gasteiger partial charge in [0.25, 0.3) is 0 Å². The summed E-state index contributed by atoms with van der Waals surface area (Å²) in [6.45, 7) is 2.39. The zero-order valence-corrected chi connectivity index (χ0v) is 6.12. The van der Waals surface area contributed by atoms with Gasteiger partial charge in [0.2, 0.25) is 0 Å². The molecule has 0 heterocycles. The highest BCUT2D eigenvalue weighted by Gasteiger charge is 2.12. The first-order valence-electron chi connectivity index (χ1n) is 2.76. The van der Waals surface area contributed by atoms with Gasteiger partial charge in [0.1, 0.15) is 6.04 Å². The lowest BCUT2D eigenvalue weighted by molar-refractivity contribution is -0.130. The van der Waals surface area contributed by atoms with Crippen molar-refractivity contribution in [2.75, 3.05) is 12.3 Å². The molecule has 0 aromatic heterocycles. The molecule has 2 nitrogen and oxygen atoms in total. The minimum Gasteiger partial charge on any atom is -0.305 e. The Morgan fingerprint density at radius 2 is 2.44 bits per heavy atom. The van der Waals surface area contributed by atoms with E-state index in [1.165, 1.54) is 0 Å². The van der Waals surface area contributed by atoms with Crippen LogP contribution < -0.4 is 5.32 Å². The molecule has 0 aliphatic carbocycles. The molecular formula is C5H10FNOS. The molecule has 0 radical (unpaired) electrons. The number of hydrogen-bond acceptors (Lipinski definition) is 3. The van der Waals surface area contributed by atoms with Gasteiger partial charge in [0, 0.05) is 5.75 Å². The molecule has 0 saturated carbocycles. The fourth-order valence-corrected chi connectivity index (χ4v) is 0.736. The maximum Gasteiger partial charge on any atom is 0.319 e. The van der Waals surface area contributed by atoms with Crippen molar-refractivity contribution in [1.29, 1.82) is 0 Å². The van der Waals surface area contributed by atoms with Crippen LogP contribution >= 0.6 is 12.6 Å². The summed E-state index contributed by atoms with van der Waals surface area (Å²) < 4.78 is 11.8. The Kier molecular flexibility index (Phi) is 4.71. The van der Waals surface area contributed by atoms with Gasteiger partial charge >= 0.3 is 6.04 Å². The minimum atomic E-state index is -1.34. The number of carbonyl (C=O) groups is 1. The SMILES string of the molecule is CCN[C@@H](CS)C(=O)F. The number of rotatable bonds is 4. The van der Waals surface area contributed by atoms with Crippen molar-refractivity contribution in [1.82, 2.24) is 5.32 Å². The summed E-state index contributed by atoms with van der Waals surface area (Å²) in [6.07, 6.45) is 0. The van der Waals surface area contributed by atoms with E-state index in [4.69, 9.17) is 0 Å². The summed E-state index contributed by atoms with van der Waals surface area (Å²) in [7, 11) is 0. The van der Waals surface area contributed by atoms with Gasteiger partial charge in [0.05, 0.1) is 0 Å². The number of hydrogen-bond donors (Lipinski definition) is 2. The molecule has 0 aromatic carbocycles. The summed E-state index contributed by atoms with van der Waals surface area (Å²) in [6, 6.07) is -2.06. The van der Waals surface area contributed by atoms with Crippen LogP contribution in [-0.2, 0) is 4.79 Å². The highest BCUT2D eigenvalue weighted by atomic mass is 32.1. The summed E-state index contributed by atoms with van der Waals surface area (Å²) >= 11 is 3.77. The zero-order valence-electron chi connectivity index (χ0n) is 5.22. The summed E-state index contributed by atoms with van der Waals surface area (Å²) in [5.74, 6) is 0.211. The second-order valence-corrected chi connectivity index (χ2v) is 1.96. The molecular weight excluding hydrogens is 141 g/mol. The maximum absolute atomic E-state index is 11.8. The average molecular weight is 151 g/mol. The van der Waals surface area contributed by atoms with Gasteiger partial charge in [-0.3, -0.25) is 4.79 Å². The normalized spacial score (nSPS) is 13.2. The first-order chi connectivity index (χ1) is 4.22. The third-order valence-corrected chi connectivity index (χ3v) is 1.27. The van der Waals surface area contributed by atoms with Gasteiger partial charge in [-0.1, -0.05) is 6.92 Å². The van der Waals surface area contributed by atoms with E-state index < -0.39 is 12.1 Å². The van der Waals surface area contributed by atoms with Crippen molar-refractivity contribution in [3.8, 4) is 0 Å². The predicted molar refractivity (Wildman–Crippen MR) is 37.4 cm³/mol. The molecule has 4 heteroatoms. The molecule has 0 spiro atoms. The van der Waals surface area contributed by atoms with E-state index in [2.05, 4.69) is 17.9 Å². The molecule has 0 fully saturated rings. The lowest BCUT2D eigenvalue weighted by atomic mass is 10.3. The lowest BCUT2D eigenvalue weighted by Crippen LogP contribution is -2.35. The summed E-state index contributed by atoms with van der Waals surface area (Å²) in [5, 5.41) is 2.63. The monoisotopic (exact) mass is 151 g/mol. The summed E-state index contributed by atoms with van der Waals surface area (Å²) in [5.41, 5.74) is 0. The quantitative estimate of drug-likeness (QED) is 0.449. The van der Waals surface area contributed by atoms with Gasteiger partial charge in [-0.05, 0) is 6.54 Å². The van der Waals surface area contributed by atoms with Gasteiger partial charge < -0.3 is 5.32 Å². The van der Waals surface area contributed by atoms with Gasteiger partial charge in [-0.25, -0.2) is 0 Å². The Morgan fingerprint density at radius 3 is 2.56 bits per heavy atom. The molecule has 0 aliphatic heterocycles. The van der Waals surface area contributed by atoms with Gasteiger partial charge in [-0.2, -0.15) is 17.0 Å². The van der Waals surface area contributed by atoms with E-state index in [0.29, 0.717) is 6.54 Å². The standard InChI is InChI=1S/C5H10FNOS/c1-2-7-4(3-9)5(6)8/h4,7,9H,2-3H2,1H3/t4-/m0/s1. The molecule has 0 unspecified atom stereocenters. The molecule has 54 valence electrons. The van der Waals surface area contributed by atoms with Crippen molar-refractivity contribution < 1.29 is 9.18 Å². The van der Waals surface area contributed by atoms with Crippen molar-refractivity contribution >= 4 is 18.7 Å². The molecule has 0 bridgehead atoms. The van der Waals surface area contributed by atoms with E-state index >= 15 is 0 Å². The fourth-order valence-electron chi connectivity index (χ4n) is 0.463. The smallest absolute Gasteiger partial charge is 0.305 e. The van der Waals surface area contributed by atoms with Crippen LogP contribution in [-0.4, -0.2) is 24.4 Å². The fraction of sp³-hybridized carbons (Fsp3) is 0.800. The number of halogens is 1. The zero-order chi connectivity index (χ0) is 7.28. The van der Waals surface area contributed by atoms with E-state index in [1.807, 2.05) is 0 Å². The number of likely N-dealkylation sites (N-methyl/N-ethyl adjacent to an activating group) is 1. The van der Waals surface area contributed by atoms with E-state index in [1.54, 1.807) is 6.92 Å². The Morgan fingerprint density at radius 1 is 1.89 bits per heavy atom. The number of carbonyl (C=O) groups excluding carboxylic acids is 1. The lowest BCUT2D eigenvalue weighted by Gasteiger charge is -2.06. The summed E-state index contributed by atoms with van der Waals surface area (Å²) in [4.78, 5) is 9.99. The molecule has 0 aliphatic rings. The highest BCUT2D eigenvalue weighted by Crippen LogP contribution is 1.89. The Hall–Kier alpha value is -0.0900. The third kappa shape index (κ3) is 3.48. The van der Waals surface area contributed by atoms with Crippen molar-refractivity contribution in [2.24, 2.45) is 0 Å². The maximum atomic E-state index is 11.8. The van der Waals surface area contributed by atoms with Crippen LogP contribution in [0.4, 0.5) is 4.39 Å². The van der Waals surface area contributed by atoms with Crippen LogP contribution in [0, 0.1) is 0 Å². The van der Waals surface area contributed by atoms with Crippen molar-refractivity contribution in [2.45, 2.75) is 13.0 Å². The second kappa shape index (κ2) is 4.76. The number of thiol groups is 1. The second-order valence-electron chi connectivity index (χ2n) is 1.60. The number of nitrogens with one attached hydrogen (secondary N) is 1. The molecule has 0 amide bonds. The molecule has 1 atom stereocenters. The first kappa shape index (κ1) is 8.91. The van der Waals surface area contributed by atoms with E-state index in [9.17, 15) is 9.18 Å². The van der Waals surface area contributed by atoms with Crippen molar-refractivity contribution in [3.05, 3.63) is 0 Å². The topological polar surface area (TPSA) is 29.1 Å². The Bertz CT molecular complexity index is 99.0. The van der Waals surface area contributed by atoms with Crippen LogP contribution in [0.3, 0.4) is 0 Å². The molecule has 1 N–H and O–H groups in total. The van der Waals surface area contributed by atoms with Crippen LogP contribution in [0.15, 0.2) is 0 Å². The van der Waals surface area contributed by atoms with E-state index in [-0.39, 0.29) is 5.75 Å². The predicted octanol–water partition coefficient (Wildman–Crippen LogP) is 0.390. The Balaban J connectivity index is 3.54. The van der Waals surface area contributed by atoms with Gasteiger partial charge in [0.15, 0.2) is 0 Å².